The molecule has 2 aliphatic rings. The van der Waals surface area contributed by atoms with Gasteiger partial charge in [-0.2, -0.15) is 0 Å². The van der Waals surface area contributed by atoms with Gasteiger partial charge >= 0.3 is 0 Å². The van der Waals surface area contributed by atoms with Crippen molar-refractivity contribution in [2.45, 2.75) is 70.9 Å². The minimum atomic E-state index is -0.298. The molecule has 0 aromatic rings. The quantitative estimate of drug-likeness (QED) is 0.800. The molecule has 2 unspecified atom stereocenters. The van der Waals surface area contributed by atoms with Crippen molar-refractivity contribution < 1.29 is 9.59 Å². The van der Waals surface area contributed by atoms with Crippen LogP contribution < -0.4 is 5.32 Å². The van der Waals surface area contributed by atoms with Gasteiger partial charge in [0.05, 0.1) is 0 Å². The zero-order valence-electron chi connectivity index (χ0n) is 12.2. The highest BCUT2D eigenvalue weighted by Gasteiger charge is 2.35. The van der Waals surface area contributed by atoms with Gasteiger partial charge in [-0.25, -0.2) is 0 Å². The Labute approximate surface area is 115 Å². The number of nitrogens with zero attached hydrogens (tertiary/aromatic N) is 1. The molecule has 108 valence electrons. The van der Waals surface area contributed by atoms with Crippen LogP contribution in [0.1, 0.15) is 58.8 Å². The number of rotatable bonds is 6. The van der Waals surface area contributed by atoms with Crippen LogP contribution >= 0.6 is 0 Å². The lowest BCUT2D eigenvalue weighted by molar-refractivity contribution is -0.136. The normalized spacial score (nSPS) is 26.0. The topological polar surface area (TPSA) is 49.4 Å². The third-order valence-electron chi connectivity index (χ3n) is 4.29. The predicted octanol–water partition coefficient (Wildman–Crippen LogP) is 2.08. The summed E-state index contributed by atoms with van der Waals surface area (Å²) in [6.07, 6.45) is 6.87. The monoisotopic (exact) mass is 266 g/mol. The third kappa shape index (κ3) is 3.71. The van der Waals surface area contributed by atoms with Gasteiger partial charge in [0.2, 0.25) is 11.8 Å². The van der Waals surface area contributed by atoms with E-state index in [2.05, 4.69) is 19.2 Å². The van der Waals surface area contributed by atoms with Gasteiger partial charge in [0.1, 0.15) is 6.04 Å². The molecule has 0 bridgehead atoms. The third-order valence-corrected chi connectivity index (χ3v) is 4.29. The maximum Gasteiger partial charge on any atom is 0.245 e. The standard InChI is InChI=1S/C15H26N2O2/c1-3-5-13-15(19)17(9-8-14(18)16-13)12(4-2)10-11-6-7-11/h11-13H,3-10H2,1-2H3,(H,16,18). The van der Waals surface area contributed by atoms with Crippen LogP contribution in [0.2, 0.25) is 0 Å². The van der Waals surface area contributed by atoms with Crippen LogP contribution in [0.5, 0.6) is 0 Å². The lowest BCUT2D eigenvalue weighted by atomic mass is 10.0. The maximum absolute atomic E-state index is 12.6. The van der Waals surface area contributed by atoms with Crippen LogP contribution in [0.4, 0.5) is 0 Å². The number of carbonyl (C=O) groups excluding carboxylic acids is 2. The fourth-order valence-corrected chi connectivity index (χ4v) is 2.96. The van der Waals surface area contributed by atoms with Crippen LogP contribution in [-0.4, -0.2) is 35.3 Å². The molecular weight excluding hydrogens is 240 g/mol. The molecule has 2 fully saturated rings. The molecule has 19 heavy (non-hydrogen) atoms. The highest BCUT2D eigenvalue weighted by Crippen LogP contribution is 2.35. The first-order chi connectivity index (χ1) is 9.15. The molecule has 4 heteroatoms. The van der Waals surface area contributed by atoms with E-state index in [1.807, 2.05) is 4.90 Å². The van der Waals surface area contributed by atoms with Crippen LogP contribution in [0.25, 0.3) is 0 Å². The molecule has 1 aliphatic heterocycles. The number of nitrogens with one attached hydrogen (secondary N) is 1. The molecule has 1 saturated heterocycles. The van der Waals surface area contributed by atoms with E-state index >= 15 is 0 Å². The van der Waals surface area contributed by atoms with Gasteiger partial charge in [-0.1, -0.05) is 33.1 Å². The van der Waals surface area contributed by atoms with Crippen molar-refractivity contribution >= 4 is 11.8 Å². The van der Waals surface area contributed by atoms with Gasteiger partial charge in [0.15, 0.2) is 0 Å². The van der Waals surface area contributed by atoms with Gasteiger partial charge in [0.25, 0.3) is 0 Å². The van der Waals surface area contributed by atoms with Crippen LogP contribution in [-0.2, 0) is 9.59 Å². The summed E-state index contributed by atoms with van der Waals surface area (Å²) in [5.41, 5.74) is 0. The second-order valence-corrected chi connectivity index (χ2v) is 5.93. The van der Waals surface area contributed by atoms with Crippen molar-refractivity contribution in [2.24, 2.45) is 5.92 Å². The van der Waals surface area contributed by atoms with Crippen molar-refractivity contribution in [3.05, 3.63) is 0 Å². The molecule has 1 aliphatic carbocycles. The largest absolute Gasteiger partial charge is 0.344 e. The minimum Gasteiger partial charge on any atom is -0.344 e. The van der Waals surface area contributed by atoms with E-state index in [-0.39, 0.29) is 17.9 Å². The smallest absolute Gasteiger partial charge is 0.245 e. The molecule has 0 aromatic carbocycles. The average molecular weight is 266 g/mol. The highest BCUT2D eigenvalue weighted by molar-refractivity contribution is 5.90. The summed E-state index contributed by atoms with van der Waals surface area (Å²) in [5, 5.41) is 2.88. The van der Waals surface area contributed by atoms with Gasteiger partial charge in [-0.05, 0) is 25.2 Å². The zero-order chi connectivity index (χ0) is 13.8. The molecule has 0 aromatic heterocycles. The SMILES string of the molecule is CCCC1NC(=O)CCN(C(CC)CC2CC2)C1=O. The maximum atomic E-state index is 12.6. The van der Waals surface area contributed by atoms with E-state index in [0.717, 1.165) is 31.6 Å². The molecule has 4 nitrogen and oxygen atoms in total. The number of hydrogen-bond acceptors (Lipinski definition) is 2. The minimum absolute atomic E-state index is 0.0237. The van der Waals surface area contributed by atoms with Gasteiger partial charge in [0, 0.05) is 19.0 Å². The molecule has 0 spiro atoms. The summed E-state index contributed by atoms with van der Waals surface area (Å²) in [6.45, 7) is 4.79. The Kier molecular flexibility index (Phi) is 4.83. The zero-order valence-corrected chi connectivity index (χ0v) is 12.2. The molecule has 1 heterocycles. The predicted molar refractivity (Wildman–Crippen MR) is 74.6 cm³/mol. The fraction of sp³-hybridized carbons (Fsp3) is 0.867. The fourth-order valence-electron chi connectivity index (χ4n) is 2.96. The van der Waals surface area contributed by atoms with Gasteiger partial charge < -0.3 is 10.2 Å². The second kappa shape index (κ2) is 6.40. The van der Waals surface area contributed by atoms with Crippen molar-refractivity contribution in [3.8, 4) is 0 Å². The first kappa shape index (κ1) is 14.4. The highest BCUT2D eigenvalue weighted by atomic mass is 16.2. The number of carbonyl (C=O) groups is 2. The van der Waals surface area contributed by atoms with Crippen molar-refractivity contribution in [3.63, 3.8) is 0 Å². The summed E-state index contributed by atoms with van der Waals surface area (Å²) in [4.78, 5) is 26.3. The van der Waals surface area contributed by atoms with E-state index in [4.69, 9.17) is 0 Å². The van der Waals surface area contributed by atoms with E-state index in [1.165, 1.54) is 12.8 Å². The van der Waals surface area contributed by atoms with Gasteiger partial charge in [-0.15, -0.1) is 0 Å². The Balaban J connectivity index is 2.06. The average Bonchev–Trinajstić information content (AvgIpc) is 3.20. The molecular formula is C15H26N2O2. The Bertz CT molecular complexity index is 339. The van der Waals surface area contributed by atoms with Crippen molar-refractivity contribution in [2.75, 3.05) is 6.54 Å². The number of hydrogen-bond donors (Lipinski definition) is 1. The first-order valence-corrected chi connectivity index (χ1v) is 7.75. The Morgan fingerprint density at radius 1 is 1.32 bits per heavy atom. The molecule has 0 radical (unpaired) electrons. The Morgan fingerprint density at radius 3 is 2.63 bits per heavy atom. The Hall–Kier alpha value is -1.06. The molecule has 2 amide bonds. The molecule has 1 N–H and O–H groups in total. The lowest BCUT2D eigenvalue weighted by Crippen LogP contribution is -2.48. The number of amides is 2. The molecule has 2 atom stereocenters. The van der Waals surface area contributed by atoms with Crippen molar-refractivity contribution in [1.29, 1.82) is 0 Å². The van der Waals surface area contributed by atoms with Crippen LogP contribution in [0.15, 0.2) is 0 Å². The summed E-state index contributed by atoms with van der Waals surface area (Å²) in [6, 6.07) is 0.0281. The summed E-state index contributed by atoms with van der Waals surface area (Å²) < 4.78 is 0. The van der Waals surface area contributed by atoms with Crippen molar-refractivity contribution in [1.82, 2.24) is 10.2 Å². The summed E-state index contributed by atoms with van der Waals surface area (Å²) in [5.74, 6) is 0.977. The molecule has 1 saturated carbocycles. The second-order valence-electron chi connectivity index (χ2n) is 5.93. The lowest BCUT2D eigenvalue weighted by Gasteiger charge is -2.32. The van der Waals surface area contributed by atoms with Crippen LogP contribution in [0, 0.1) is 5.92 Å². The first-order valence-electron chi connectivity index (χ1n) is 7.75. The van der Waals surface area contributed by atoms with E-state index < -0.39 is 0 Å². The summed E-state index contributed by atoms with van der Waals surface area (Å²) >= 11 is 0. The van der Waals surface area contributed by atoms with Crippen LogP contribution in [0.3, 0.4) is 0 Å². The van der Waals surface area contributed by atoms with E-state index in [9.17, 15) is 9.59 Å². The van der Waals surface area contributed by atoms with E-state index in [1.54, 1.807) is 0 Å². The van der Waals surface area contributed by atoms with E-state index in [0.29, 0.717) is 19.0 Å². The summed E-state index contributed by atoms with van der Waals surface area (Å²) in [7, 11) is 0. The Morgan fingerprint density at radius 2 is 2.05 bits per heavy atom. The molecule has 2 rings (SSSR count). The van der Waals surface area contributed by atoms with Gasteiger partial charge in [-0.3, -0.25) is 9.59 Å².